The molecular weight excluding hydrogens is 468 g/mol. The second-order valence-corrected chi connectivity index (χ2v) is 9.92. The van der Waals surface area contributed by atoms with Crippen molar-refractivity contribution in [1.82, 2.24) is 19.8 Å². The van der Waals surface area contributed by atoms with Gasteiger partial charge < -0.3 is 14.8 Å². The van der Waals surface area contributed by atoms with E-state index in [4.69, 9.17) is 17.2 Å². The number of aromatic nitrogens is 2. The highest BCUT2D eigenvalue weighted by Crippen LogP contribution is 2.44. The lowest BCUT2D eigenvalue weighted by Gasteiger charge is -2.33. The Hall–Kier alpha value is -2.18. The van der Waals surface area contributed by atoms with Gasteiger partial charge in [-0.25, -0.2) is 0 Å². The summed E-state index contributed by atoms with van der Waals surface area (Å²) >= 11 is 9.53. The summed E-state index contributed by atoms with van der Waals surface area (Å²) in [5.74, 6) is 0. The SMILES string of the molecule is Cc1cc([C@@H]2[C@H](c3ccccn3)NC(=S)N2C2CCCC2)c(C)n1-c1cccc(Br)c1. The van der Waals surface area contributed by atoms with Gasteiger partial charge >= 0.3 is 0 Å². The summed E-state index contributed by atoms with van der Waals surface area (Å²) in [7, 11) is 0. The first-order chi connectivity index (χ1) is 15.0. The molecular formula is C25H27BrN4S. The molecule has 2 atom stereocenters. The van der Waals surface area contributed by atoms with E-state index in [1.54, 1.807) is 0 Å². The monoisotopic (exact) mass is 494 g/mol. The zero-order valence-corrected chi connectivity index (χ0v) is 20.3. The second-order valence-electron chi connectivity index (χ2n) is 8.61. The number of nitrogens with zero attached hydrogens (tertiary/aromatic N) is 3. The van der Waals surface area contributed by atoms with Gasteiger partial charge in [-0.15, -0.1) is 0 Å². The van der Waals surface area contributed by atoms with Crippen LogP contribution in [0.25, 0.3) is 5.69 Å². The standard InChI is InChI=1S/C25H27BrN4S/c1-16-14-21(17(2)29(16)20-11-7-8-18(26)15-20)24-23(22-12-5-6-13-27-22)28-25(31)30(24)19-9-3-4-10-19/h5-8,11-15,19,23-24H,3-4,9-10H2,1-2H3,(H,28,31)/t23-,24+/m0/s1. The van der Waals surface area contributed by atoms with Crippen LogP contribution in [0.15, 0.2) is 59.2 Å². The van der Waals surface area contributed by atoms with Crippen LogP contribution >= 0.6 is 28.1 Å². The van der Waals surface area contributed by atoms with Crippen LogP contribution in [0.5, 0.6) is 0 Å². The largest absolute Gasteiger partial charge is 0.352 e. The van der Waals surface area contributed by atoms with Crippen LogP contribution < -0.4 is 5.32 Å². The Labute approximate surface area is 197 Å². The molecule has 6 heteroatoms. The van der Waals surface area contributed by atoms with E-state index in [0.29, 0.717) is 6.04 Å². The van der Waals surface area contributed by atoms with Crippen LogP contribution in [0, 0.1) is 13.8 Å². The molecule has 0 spiro atoms. The minimum Gasteiger partial charge on any atom is -0.352 e. The highest BCUT2D eigenvalue weighted by atomic mass is 79.9. The van der Waals surface area contributed by atoms with Crippen LogP contribution in [0.3, 0.4) is 0 Å². The number of hydrogen-bond acceptors (Lipinski definition) is 2. The quantitative estimate of drug-likeness (QED) is 0.439. The molecule has 1 aliphatic carbocycles. The van der Waals surface area contributed by atoms with Crippen molar-refractivity contribution in [1.29, 1.82) is 0 Å². The maximum atomic E-state index is 5.90. The van der Waals surface area contributed by atoms with E-state index in [0.717, 1.165) is 15.3 Å². The van der Waals surface area contributed by atoms with E-state index in [1.165, 1.54) is 48.3 Å². The summed E-state index contributed by atoms with van der Waals surface area (Å²) in [6.07, 6.45) is 6.85. The smallest absolute Gasteiger partial charge is 0.170 e. The molecule has 0 unspecified atom stereocenters. The molecule has 3 aromatic rings. The van der Waals surface area contributed by atoms with Gasteiger partial charge in [0.2, 0.25) is 0 Å². The third kappa shape index (κ3) is 3.70. The Morgan fingerprint density at radius 1 is 1.06 bits per heavy atom. The van der Waals surface area contributed by atoms with Gasteiger partial charge in [-0.1, -0.05) is 40.9 Å². The van der Waals surface area contributed by atoms with Gasteiger partial charge in [-0.3, -0.25) is 4.98 Å². The average molecular weight is 495 g/mol. The third-order valence-corrected chi connectivity index (χ3v) is 7.53. The first-order valence-corrected chi connectivity index (χ1v) is 12.2. The molecule has 4 nitrogen and oxygen atoms in total. The Morgan fingerprint density at radius 2 is 1.87 bits per heavy atom. The third-order valence-electron chi connectivity index (χ3n) is 6.71. The number of aryl methyl sites for hydroxylation is 1. The van der Waals surface area contributed by atoms with E-state index < -0.39 is 0 Å². The summed E-state index contributed by atoms with van der Waals surface area (Å²) < 4.78 is 3.44. The molecule has 1 aromatic carbocycles. The second kappa shape index (κ2) is 8.40. The molecule has 31 heavy (non-hydrogen) atoms. The van der Waals surface area contributed by atoms with Gasteiger partial charge in [0.1, 0.15) is 0 Å². The lowest BCUT2D eigenvalue weighted by atomic mass is 9.95. The maximum absolute atomic E-state index is 5.90. The molecule has 5 rings (SSSR count). The zero-order valence-electron chi connectivity index (χ0n) is 17.9. The summed E-state index contributed by atoms with van der Waals surface area (Å²) in [6, 6.07) is 17.7. The maximum Gasteiger partial charge on any atom is 0.170 e. The van der Waals surface area contributed by atoms with Crippen molar-refractivity contribution in [2.75, 3.05) is 0 Å². The van der Waals surface area contributed by atoms with Crippen molar-refractivity contribution in [3.05, 3.63) is 81.8 Å². The van der Waals surface area contributed by atoms with Crippen LogP contribution in [0.2, 0.25) is 0 Å². The highest BCUT2D eigenvalue weighted by Gasteiger charge is 2.44. The minimum absolute atomic E-state index is 0.0470. The fourth-order valence-corrected chi connectivity index (χ4v) is 6.15. The van der Waals surface area contributed by atoms with E-state index in [9.17, 15) is 0 Å². The summed E-state index contributed by atoms with van der Waals surface area (Å²) in [6.45, 7) is 4.42. The normalized spacial score (nSPS) is 21.6. The zero-order chi connectivity index (χ0) is 21.5. The van der Waals surface area contributed by atoms with Crippen LogP contribution in [0.4, 0.5) is 0 Å². The van der Waals surface area contributed by atoms with Crippen molar-refractivity contribution in [2.24, 2.45) is 0 Å². The Bertz CT molecular complexity index is 1100. The lowest BCUT2D eigenvalue weighted by Crippen LogP contribution is -2.37. The van der Waals surface area contributed by atoms with Gasteiger partial charge in [-0.2, -0.15) is 0 Å². The molecule has 2 aliphatic rings. The fourth-order valence-electron chi connectivity index (χ4n) is 5.37. The van der Waals surface area contributed by atoms with Crippen LogP contribution in [-0.2, 0) is 0 Å². The number of benzene rings is 1. The highest BCUT2D eigenvalue weighted by molar-refractivity contribution is 9.10. The molecule has 1 N–H and O–H groups in total. The van der Waals surface area contributed by atoms with Crippen molar-refractivity contribution >= 4 is 33.3 Å². The predicted molar refractivity (Wildman–Crippen MR) is 132 cm³/mol. The van der Waals surface area contributed by atoms with Crippen LogP contribution in [0.1, 0.15) is 60.4 Å². The van der Waals surface area contributed by atoms with Gasteiger partial charge in [-0.05, 0) is 80.9 Å². The molecule has 2 fully saturated rings. The first kappa shape index (κ1) is 20.7. The number of pyridine rings is 1. The molecule has 1 saturated heterocycles. The number of halogens is 1. The fraction of sp³-hybridized carbons (Fsp3) is 0.360. The molecule has 1 aliphatic heterocycles. The van der Waals surface area contributed by atoms with Gasteiger partial charge in [0.25, 0.3) is 0 Å². The Balaban J connectivity index is 1.64. The molecule has 0 radical (unpaired) electrons. The first-order valence-electron chi connectivity index (χ1n) is 11.0. The minimum atomic E-state index is 0.0470. The van der Waals surface area contributed by atoms with Crippen LogP contribution in [-0.4, -0.2) is 25.6 Å². The molecule has 1 saturated carbocycles. The van der Waals surface area contributed by atoms with Crippen molar-refractivity contribution < 1.29 is 0 Å². The van der Waals surface area contributed by atoms with Gasteiger partial charge in [0.15, 0.2) is 5.11 Å². The number of nitrogens with one attached hydrogen (secondary N) is 1. The Kier molecular flexibility index (Phi) is 5.61. The average Bonchev–Trinajstić information content (AvgIpc) is 3.46. The van der Waals surface area contributed by atoms with E-state index in [2.05, 4.69) is 87.0 Å². The number of rotatable bonds is 4. The summed E-state index contributed by atoms with van der Waals surface area (Å²) in [5.41, 5.74) is 6.03. The lowest BCUT2D eigenvalue weighted by molar-refractivity contribution is 0.245. The van der Waals surface area contributed by atoms with E-state index >= 15 is 0 Å². The van der Waals surface area contributed by atoms with E-state index in [1.807, 2.05) is 12.3 Å². The summed E-state index contributed by atoms with van der Waals surface area (Å²) in [5, 5.41) is 4.49. The Morgan fingerprint density at radius 3 is 2.58 bits per heavy atom. The predicted octanol–water partition coefficient (Wildman–Crippen LogP) is 6.17. The number of hydrogen-bond donors (Lipinski definition) is 1. The van der Waals surface area contributed by atoms with Crippen molar-refractivity contribution in [3.8, 4) is 5.69 Å². The molecule has 0 amide bonds. The van der Waals surface area contributed by atoms with Crippen molar-refractivity contribution in [2.45, 2.75) is 57.7 Å². The molecule has 3 heterocycles. The molecule has 0 bridgehead atoms. The van der Waals surface area contributed by atoms with E-state index in [-0.39, 0.29) is 12.1 Å². The van der Waals surface area contributed by atoms with Gasteiger partial charge in [0.05, 0.1) is 17.8 Å². The summed E-state index contributed by atoms with van der Waals surface area (Å²) in [4.78, 5) is 7.18. The molecule has 160 valence electrons. The number of thiocarbonyl (C=S) groups is 1. The molecule has 2 aromatic heterocycles. The van der Waals surface area contributed by atoms with Gasteiger partial charge in [0, 0.05) is 33.8 Å². The van der Waals surface area contributed by atoms with Crippen molar-refractivity contribution in [3.63, 3.8) is 0 Å². The topological polar surface area (TPSA) is 33.1 Å².